The SMILES string of the molecule is C=C(C)[C@@H]1CC[C@]2(C(=O)N3CCCC3c3ncc(-c4cccs4)[nH]3)CC[C@]3(C)[C@H](CC[C@@H]4[C@@]5(C)CC[C@H](OC(=O)CC(C)(C)C(=O)O)C(C)(C)[C@@H]5CC[C@]43C)[C@@H]12. The lowest BCUT2D eigenvalue weighted by atomic mass is 9.32. The van der Waals surface area contributed by atoms with Gasteiger partial charge in [0.05, 0.1) is 40.1 Å². The van der Waals surface area contributed by atoms with E-state index < -0.39 is 17.4 Å². The van der Waals surface area contributed by atoms with Gasteiger partial charge in [0, 0.05) is 12.0 Å². The Morgan fingerprint density at radius 3 is 2.45 bits per heavy atom. The molecular formula is C47H67N3O5S. The van der Waals surface area contributed by atoms with Crippen molar-refractivity contribution < 1.29 is 24.2 Å². The molecular weight excluding hydrogens is 719 g/mol. The molecule has 306 valence electrons. The molecule has 8 nitrogen and oxygen atoms in total. The number of imidazole rings is 1. The lowest BCUT2D eigenvalue weighted by Crippen LogP contribution is -2.67. The number of ether oxygens (including phenoxy) is 1. The van der Waals surface area contributed by atoms with E-state index in [0.29, 0.717) is 35.5 Å². The van der Waals surface area contributed by atoms with Crippen molar-refractivity contribution >= 4 is 29.2 Å². The molecule has 9 heteroatoms. The summed E-state index contributed by atoms with van der Waals surface area (Å²) in [5.74, 6) is 2.01. The number of aromatic nitrogens is 2. The van der Waals surface area contributed by atoms with Crippen LogP contribution in [0.3, 0.4) is 0 Å². The number of carbonyl (C=O) groups is 3. The maximum atomic E-state index is 15.5. The van der Waals surface area contributed by atoms with E-state index in [1.54, 1.807) is 25.2 Å². The molecule has 0 spiro atoms. The number of carbonyl (C=O) groups excluding carboxylic acids is 2. The summed E-state index contributed by atoms with van der Waals surface area (Å²) in [7, 11) is 0. The third-order valence-electron chi connectivity index (χ3n) is 18.1. The zero-order valence-corrected chi connectivity index (χ0v) is 36.2. The minimum absolute atomic E-state index is 0.00618. The van der Waals surface area contributed by atoms with Crippen molar-refractivity contribution in [2.24, 2.45) is 62.1 Å². The molecule has 0 aromatic carbocycles. The maximum absolute atomic E-state index is 15.5. The number of nitrogens with one attached hydrogen (secondary N) is 1. The Morgan fingerprint density at radius 1 is 0.982 bits per heavy atom. The third kappa shape index (κ3) is 5.76. The number of aliphatic carboxylic acids is 1. The predicted octanol–water partition coefficient (Wildman–Crippen LogP) is 10.9. The van der Waals surface area contributed by atoms with Gasteiger partial charge in [-0.3, -0.25) is 14.4 Å². The van der Waals surface area contributed by atoms with Crippen LogP contribution in [0, 0.1) is 62.1 Å². The lowest BCUT2D eigenvalue weighted by Gasteiger charge is -2.73. The Labute approximate surface area is 339 Å². The van der Waals surface area contributed by atoms with Crippen molar-refractivity contribution in [2.45, 2.75) is 151 Å². The first kappa shape index (κ1) is 39.9. The fourth-order valence-electron chi connectivity index (χ4n) is 15.0. The normalized spacial score (nSPS) is 40.2. The number of allylic oxidation sites excluding steroid dienone is 1. The van der Waals surface area contributed by atoms with Crippen molar-refractivity contribution in [1.82, 2.24) is 14.9 Å². The minimum atomic E-state index is -1.15. The number of hydrogen-bond acceptors (Lipinski definition) is 6. The quantitative estimate of drug-likeness (QED) is 0.204. The van der Waals surface area contributed by atoms with Crippen molar-refractivity contribution in [2.75, 3.05) is 6.54 Å². The molecule has 2 N–H and O–H groups in total. The summed E-state index contributed by atoms with van der Waals surface area (Å²) < 4.78 is 6.21. The number of amides is 1. The van der Waals surface area contributed by atoms with E-state index in [2.05, 4.69) is 75.5 Å². The van der Waals surface area contributed by atoms with E-state index in [9.17, 15) is 14.7 Å². The van der Waals surface area contributed by atoms with E-state index in [-0.39, 0.29) is 45.6 Å². The summed E-state index contributed by atoms with van der Waals surface area (Å²) in [4.78, 5) is 52.3. The van der Waals surface area contributed by atoms with Crippen LogP contribution in [0.15, 0.2) is 35.9 Å². The molecule has 1 aliphatic heterocycles. The molecule has 0 bridgehead atoms. The van der Waals surface area contributed by atoms with Crippen molar-refractivity contribution in [3.05, 3.63) is 41.7 Å². The molecule has 5 saturated carbocycles. The van der Waals surface area contributed by atoms with Gasteiger partial charge in [-0.2, -0.15) is 0 Å². The van der Waals surface area contributed by atoms with Crippen LogP contribution in [0.25, 0.3) is 10.6 Å². The van der Waals surface area contributed by atoms with Crippen LogP contribution in [0.4, 0.5) is 0 Å². The predicted molar refractivity (Wildman–Crippen MR) is 220 cm³/mol. The summed E-state index contributed by atoms with van der Waals surface area (Å²) in [5, 5.41) is 11.7. The first-order valence-electron chi connectivity index (χ1n) is 21.8. The van der Waals surface area contributed by atoms with Crippen molar-refractivity contribution in [3.8, 4) is 10.6 Å². The molecule has 8 rings (SSSR count). The van der Waals surface area contributed by atoms with Gasteiger partial charge < -0.3 is 19.7 Å². The minimum Gasteiger partial charge on any atom is -0.481 e. The number of rotatable bonds is 8. The molecule has 6 aliphatic rings. The number of aromatic amines is 1. The molecule has 1 unspecified atom stereocenters. The second kappa shape index (κ2) is 13.6. The number of thiophene rings is 1. The van der Waals surface area contributed by atoms with Crippen molar-refractivity contribution in [1.29, 1.82) is 0 Å². The Morgan fingerprint density at radius 2 is 1.75 bits per heavy atom. The van der Waals surface area contributed by atoms with Crippen LogP contribution in [0.5, 0.6) is 0 Å². The summed E-state index contributed by atoms with van der Waals surface area (Å²) in [6.07, 6.45) is 14.0. The Hall–Kier alpha value is -2.94. The first-order chi connectivity index (χ1) is 26.3. The standard InChI is InChI=1S/C47H67N3O5S/c1-28(2)29-16-21-47(40(52)50-24-10-12-32(50)39-48-27-31(49-39)33-13-11-25-56-33)23-22-45(8)30(38(29)47)14-15-35-44(7)19-18-36(55-37(51)26-42(3,4)41(53)54)43(5,6)34(44)17-20-46(35,45)9/h11,13,25,27,29-30,32,34-36,38H,1,10,12,14-24,26H2,2-9H3,(H,48,49)(H,53,54)/t29-,30+,32?,34-,35+,36-,38+,44-,45+,46+,47-/m0/s1. The Kier molecular flexibility index (Phi) is 9.65. The number of nitrogens with zero attached hydrogens (tertiary/aromatic N) is 2. The van der Waals surface area contributed by atoms with E-state index in [1.165, 1.54) is 16.9 Å². The highest BCUT2D eigenvalue weighted by Gasteiger charge is 2.72. The largest absolute Gasteiger partial charge is 0.481 e. The highest BCUT2D eigenvalue weighted by molar-refractivity contribution is 7.13. The van der Waals surface area contributed by atoms with Gasteiger partial charge in [-0.05, 0) is 155 Å². The lowest BCUT2D eigenvalue weighted by molar-refractivity contribution is -0.250. The highest BCUT2D eigenvalue weighted by Crippen LogP contribution is 2.78. The number of fused-ring (bicyclic) bond motifs is 7. The van der Waals surface area contributed by atoms with Crippen LogP contribution < -0.4 is 0 Å². The molecule has 1 saturated heterocycles. The summed E-state index contributed by atoms with van der Waals surface area (Å²) in [6.45, 7) is 23.3. The van der Waals surface area contributed by atoms with Crippen LogP contribution in [0.1, 0.15) is 151 Å². The van der Waals surface area contributed by atoms with Gasteiger partial charge in [-0.1, -0.05) is 52.8 Å². The van der Waals surface area contributed by atoms with Gasteiger partial charge in [0.1, 0.15) is 11.9 Å². The molecule has 6 fully saturated rings. The number of carboxylic acids is 1. The summed E-state index contributed by atoms with van der Waals surface area (Å²) in [6, 6.07) is 4.18. The number of H-pyrrole nitrogens is 1. The molecule has 2 aromatic rings. The van der Waals surface area contributed by atoms with E-state index in [0.717, 1.165) is 88.7 Å². The first-order valence-corrected chi connectivity index (χ1v) is 22.7. The molecule has 5 aliphatic carbocycles. The van der Waals surface area contributed by atoms with Gasteiger partial charge in [-0.15, -0.1) is 11.3 Å². The van der Waals surface area contributed by atoms with Gasteiger partial charge in [-0.25, -0.2) is 4.98 Å². The van der Waals surface area contributed by atoms with Gasteiger partial charge in [0.25, 0.3) is 0 Å². The van der Waals surface area contributed by atoms with Crippen LogP contribution in [-0.4, -0.2) is 50.5 Å². The van der Waals surface area contributed by atoms with E-state index >= 15 is 4.79 Å². The average molecular weight is 786 g/mol. The molecule has 11 atom stereocenters. The molecule has 2 aromatic heterocycles. The molecule has 3 heterocycles. The van der Waals surface area contributed by atoms with Crippen LogP contribution in [-0.2, 0) is 19.1 Å². The average Bonchev–Trinajstić information content (AvgIpc) is 3.95. The molecule has 0 radical (unpaired) electrons. The monoisotopic (exact) mass is 785 g/mol. The molecule has 56 heavy (non-hydrogen) atoms. The Bertz CT molecular complexity index is 1880. The number of esters is 1. The van der Waals surface area contributed by atoms with Crippen LogP contribution >= 0.6 is 11.3 Å². The molecule has 1 amide bonds. The topological polar surface area (TPSA) is 113 Å². The zero-order chi connectivity index (χ0) is 40.2. The fraction of sp³-hybridized carbons (Fsp3) is 0.745. The summed E-state index contributed by atoms with van der Waals surface area (Å²) >= 11 is 1.71. The van der Waals surface area contributed by atoms with Gasteiger partial charge in [0.2, 0.25) is 5.91 Å². The van der Waals surface area contributed by atoms with Gasteiger partial charge >= 0.3 is 11.9 Å². The second-order valence-corrected chi connectivity index (χ2v) is 22.3. The smallest absolute Gasteiger partial charge is 0.309 e. The maximum Gasteiger partial charge on any atom is 0.309 e. The fourth-order valence-corrected chi connectivity index (χ4v) is 15.7. The van der Waals surface area contributed by atoms with E-state index in [1.807, 2.05) is 6.20 Å². The highest BCUT2D eigenvalue weighted by atomic mass is 32.1. The van der Waals surface area contributed by atoms with Crippen molar-refractivity contribution in [3.63, 3.8) is 0 Å². The van der Waals surface area contributed by atoms with Crippen LogP contribution in [0.2, 0.25) is 0 Å². The zero-order valence-electron chi connectivity index (χ0n) is 35.3. The Balaban J connectivity index is 1.06. The second-order valence-electron chi connectivity index (χ2n) is 21.4. The number of hydrogen-bond donors (Lipinski definition) is 2. The number of carboxylic acid groups (broad SMARTS) is 1. The number of likely N-dealkylation sites (tertiary alicyclic amines) is 1. The summed E-state index contributed by atoms with van der Waals surface area (Å²) in [5.41, 5.74) is 0.901. The third-order valence-corrected chi connectivity index (χ3v) is 19.0. The van der Waals surface area contributed by atoms with E-state index in [4.69, 9.17) is 9.72 Å². The van der Waals surface area contributed by atoms with Gasteiger partial charge in [0.15, 0.2) is 0 Å².